The van der Waals surface area contributed by atoms with Crippen LogP contribution in [0.3, 0.4) is 0 Å². The zero-order valence-electron chi connectivity index (χ0n) is 11.5. The molecule has 0 amide bonds. The van der Waals surface area contributed by atoms with E-state index in [1.54, 1.807) is 17.8 Å². The molecule has 0 aromatic heterocycles. The Morgan fingerprint density at radius 3 is 2.75 bits per heavy atom. The van der Waals surface area contributed by atoms with Crippen molar-refractivity contribution in [2.45, 2.75) is 30.1 Å². The number of nitrogens with zero attached hydrogens (tertiary/aromatic N) is 1. The fourth-order valence-electron chi connectivity index (χ4n) is 2.16. The van der Waals surface area contributed by atoms with Gasteiger partial charge in [-0.05, 0) is 31.5 Å². The molecule has 0 bridgehead atoms. The number of benzene rings is 1. The first-order valence-electron chi connectivity index (χ1n) is 6.30. The quantitative estimate of drug-likeness (QED) is 0.921. The molecule has 7 heteroatoms. The van der Waals surface area contributed by atoms with Crippen molar-refractivity contribution in [3.05, 3.63) is 28.8 Å². The van der Waals surface area contributed by atoms with E-state index < -0.39 is 10.0 Å². The van der Waals surface area contributed by atoms with Crippen molar-refractivity contribution in [1.82, 2.24) is 4.31 Å². The predicted molar refractivity (Wildman–Crippen MR) is 82.7 cm³/mol. The molecule has 1 fully saturated rings. The van der Waals surface area contributed by atoms with Gasteiger partial charge in [-0.25, -0.2) is 8.42 Å². The highest BCUT2D eigenvalue weighted by atomic mass is 35.5. The smallest absolute Gasteiger partial charge is 0.244 e. The second kappa shape index (κ2) is 5.85. The first kappa shape index (κ1) is 16.1. The van der Waals surface area contributed by atoms with Gasteiger partial charge in [-0.15, -0.1) is 0 Å². The third-order valence-corrected chi connectivity index (χ3v) is 6.81. The summed E-state index contributed by atoms with van der Waals surface area (Å²) >= 11 is 7.80. The highest BCUT2D eigenvalue weighted by Crippen LogP contribution is 2.34. The third-order valence-electron chi connectivity index (χ3n) is 3.19. The van der Waals surface area contributed by atoms with Crippen molar-refractivity contribution in [1.29, 1.82) is 0 Å². The summed E-state index contributed by atoms with van der Waals surface area (Å²) < 4.78 is 26.8. The van der Waals surface area contributed by atoms with Gasteiger partial charge in [-0.1, -0.05) is 17.7 Å². The molecule has 2 rings (SSSR count). The highest BCUT2D eigenvalue weighted by molar-refractivity contribution is 8.00. The molecule has 1 aliphatic heterocycles. The Bertz CT molecular complexity index is 602. The van der Waals surface area contributed by atoms with Gasteiger partial charge in [0.25, 0.3) is 0 Å². The van der Waals surface area contributed by atoms with Crippen LogP contribution in [-0.2, 0) is 16.6 Å². The van der Waals surface area contributed by atoms with E-state index in [-0.39, 0.29) is 21.3 Å². The normalized spacial score (nSPS) is 20.0. The van der Waals surface area contributed by atoms with Crippen LogP contribution >= 0.6 is 23.4 Å². The molecule has 0 spiro atoms. The van der Waals surface area contributed by atoms with Gasteiger partial charge in [0.05, 0.1) is 11.6 Å². The SMILES string of the molecule is CC1(C)CN(S(=O)(=O)c2cc(CO)ccc2Cl)CCS1. The fourth-order valence-corrected chi connectivity index (χ4v) is 5.60. The van der Waals surface area contributed by atoms with Crippen LogP contribution in [0.5, 0.6) is 0 Å². The minimum Gasteiger partial charge on any atom is -0.392 e. The molecule has 0 saturated carbocycles. The summed E-state index contributed by atoms with van der Waals surface area (Å²) in [6.45, 7) is 4.80. The van der Waals surface area contributed by atoms with E-state index >= 15 is 0 Å². The third kappa shape index (κ3) is 3.31. The first-order valence-corrected chi connectivity index (χ1v) is 9.10. The van der Waals surface area contributed by atoms with Crippen molar-refractivity contribution in [3.8, 4) is 0 Å². The summed E-state index contributed by atoms with van der Waals surface area (Å²) in [5.41, 5.74) is 0.540. The van der Waals surface area contributed by atoms with E-state index in [9.17, 15) is 8.42 Å². The lowest BCUT2D eigenvalue weighted by Gasteiger charge is -2.36. The molecule has 0 atom stereocenters. The Morgan fingerprint density at radius 2 is 2.15 bits per heavy atom. The van der Waals surface area contributed by atoms with Crippen LogP contribution in [0, 0.1) is 0 Å². The second-order valence-corrected chi connectivity index (χ2v) is 9.49. The van der Waals surface area contributed by atoms with E-state index in [0.717, 1.165) is 5.75 Å². The average molecular weight is 336 g/mol. The molecule has 1 heterocycles. The van der Waals surface area contributed by atoms with Crippen molar-refractivity contribution < 1.29 is 13.5 Å². The summed E-state index contributed by atoms with van der Waals surface area (Å²) in [6, 6.07) is 4.59. The number of thioether (sulfide) groups is 1. The number of aliphatic hydroxyl groups is 1. The standard InChI is InChI=1S/C13H18ClNO3S2/c1-13(2)9-15(5-6-19-13)20(17,18)12-7-10(8-16)3-4-11(12)14/h3-4,7,16H,5-6,8-9H2,1-2H3. The number of hydrogen-bond acceptors (Lipinski definition) is 4. The molecule has 0 aliphatic carbocycles. The van der Waals surface area contributed by atoms with E-state index in [2.05, 4.69) is 0 Å². The number of halogens is 1. The number of hydrogen-bond donors (Lipinski definition) is 1. The van der Waals surface area contributed by atoms with E-state index in [0.29, 0.717) is 18.7 Å². The minimum absolute atomic E-state index is 0.0772. The van der Waals surface area contributed by atoms with Gasteiger partial charge < -0.3 is 5.11 Å². The highest BCUT2D eigenvalue weighted by Gasteiger charge is 2.35. The van der Waals surface area contributed by atoms with Crippen LogP contribution in [0.4, 0.5) is 0 Å². The molecular formula is C13H18ClNO3S2. The van der Waals surface area contributed by atoms with Crippen LogP contribution < -0.4 is 0 Å². The van der Waals surface area contributed by atoms with Gasteiger partial charge in [0.15, 0.2) is 0 Å². The van der Waals surface area contributed by atoms with Gasteiger partial charge in [-0.2, -0.15) is 16.1 Å². The van der Waals surface area contributed by atoms with Gasteiger partial charge in [-0.3, -0.25) is 0 Å². The molecule has 0 unspecified atom stereocenters. The van der Waals surface area contributed by atoms with Crippen LogP contribution in [0.15, 0.2) is 23.1 Å². The minimum atomic E-state index is -3.62. The molecule has 112 valence electrons. The lowest BCUT2D eigenvalue weighted by atomic mass is 10.2. The van der Waals surface area contributed by atoms with Crippen molar-refractivity contribution in [3.63, 3.8) is 0 Å². The maximum absolute atomic E-state index is 12.7. The van der Waals surface area contributed by atoms with Crippen molar-refractivity contribution in [2.24, 2.45) is 0 Å². The summed E-state index contributed by atoms with van der Waals surface area (Å²) in [6.07, 6.45) is 0. The fraction of sp³-hybridized carbons (Fsp3) is 0.538. The lowest BCUT2D eigenvalue weighted by molar-refractivity contribution is 0.281. The average Bonchev–Trinajstić information content (AvgIpc) is 2.38. The van der Waals surface area contributed by atoms with Crippen LogP contribution in [-0.4, -0.2) is 41.4 Å². The maximum Gasteiger partial charge on any atom is 0.244 e. The molecule has 1 aliphatic rings. The van der Waals surface area contributed by atoms with Crippen LogP contribution in [0.1, 0.15) is 19.4 Å². The first-order chi connectivity index (χ1) is 9.26. The van der Waals surface area contributed by atoms with Gasteiger partial charge in [0.2, 0.25) is 10.0 Å². The summed E-state index contributed by atoms with van der Waals surface area (Å²) in [5, 5.41) is 9.35. The van der Waals surface area contributed by atoms with Crippen molar-refractivity contribution >= 4 is 33.4 Å². The maximum atomic E-state index is 12.7. The zero-order chi connectivity index (χ0) is 15.0. The topological polar surface area (TPSA) is 57.6 Å². The Balaban J connectivity index is 2.40. The molecule has 0 radical (unpaired) electrons. The lowest BCUT2D eigenvalue weighted by Crippen LogP contribution is -2.46. The zero-order valence-corrected chi connectivity index (χ0v) is 13.9. The molecule has 1 N–H and O–H groups in total. The molecule has 1 aromatic carbocycles. The van der Waals surface area contributed by atoms with Gasteiger partial charge >= 0.3 is 0 Å². The Morgan fingerprint density at radius 1 is 1.45 bits per heavy atom. The Kier molecular flexibility index (Phi) is 4.71. The summed E-state index contributed by atoms with van der Waals surface area (Å²) in [5.74, 6) is 0.767. The van der Waals surface area contributed by atoms with Crippen LogP contribution in [0.25, 0.3) is 0 Å². The molecule has 1 aromatic rings. The largest absolute Gasteiger partial charge is 0.392 e. The number of sulfonamides is 1. The summed E-state index contributed by atoms with van der Waals surface area (Å²) in [4.78, 5) is 0.0772. The molecular weight excluding hydrogens is 318 g/mol. The number of aliphatic hydroxyl groups excluding tert-OH is 1. The Hall–Kier alpha value is -0.270. The van der Waals surface area contributed by atoms with E-state index in [1.807, 2.05) is 13.8 Å². The summed E-state index contributed by atoms with van der Waals surface area (Å²) in [7, 11) is -3.62. The Labute approximate surface area is 129 Å². The predicted octanol–water partition coefficient (Wildman–Crippen LogP) is 2.35. The monoisotopic (exact) mass is 335 g/mol. The van der Waals surface area contributed by atoms with E-state index in [1.165, 1.54) is 16.4 Å². The van der Waals surface area contributed by atoms with Crippen LogP contribution in [0.2, 0.25) is 5.02 Å². The number of rotatable bonds is 3. The van der Waals surface area contributed by atoms with Gasteiger partial charge in [0, 0.05) is 23.6 Å². The molecule has 1 saturated heterocycles. The molecule has 20 heavy (non-hydrogen) atoms. The molecule has 4 nitrogen and oxygen atoms in total. The van der Waals surface area contributed by atoms with Crippen molar-refractivity contribution in [2.75, 3.05) is 18.8 Å². The second-order valence-electron chi connectivity index (χ2n) is 5.37. The van der Waals surface area contributed by atoms with E-state index in [4.69, 9.17) is 16.7 Å². The van der Waals surface area contributed by atoms with Gasteiger partial charge in [0.1, 0.15) is 4.90 Å².